The lowest BCUT2D eigenvalue weighted by Crippen LogP contribution is -2.05. The largest absolute Gasteiger partial charge is 0.504 e. The molecule has 0 amide bonds. The van der Waals surface area contributed by atoms with Crippen molar-refractivity contribution in [3.05, 3.63) is 23.1 Å². The van der Waals surface area contributed by atoms with Crippen LogP contribution in [0.25, 0.3) is 0 Å². The minimum absolute atomic E-state index is 0.224. The first-order valence-corrected chi connectivity index (χ1v) is 3.24. The third-order valence-corrected chi connectivity index (χ3v) is 1.46. The molecule has 0 unspecified atom stereocenters. The van der Waals surface area contributed by atoms with E-state index in [9.17, 15) is 4.91 Å². The molecule has 12 heavy (non-hydrogen) atoms. The lowest BCUT2D eigenvalue weighted by atomic mass is 10.3. The zero-order chi connectivity index (χ0) is 9.14. The standard InChI is InChI=1S/C7H8N2O3/c1-9(8-12)5-2-3-6(10)7(11)4-5/h2-4,10-11H,1H3. The van der Waals surface area contributed by atoms with E-state index in [-0.39, 0.29) is 11.5 Å². The van der Waals surface area contributed by atoms with Crippen molar-refractivity contribution in [2.75, 3.05) is 12.1 Å². The third-order valence-electron chi connectivity index (χ3n) is 1.46. The number of rotatable bonds is 2. The van der Waals surface area contributed by atoms with Gasteiger partial charge in [0.25, 0.3) is 0 Å². The van der Waals surface area contributed by atoms with E-state index < -0.39 is 0 Å². The molecular weight excluding hydrogens is 160 g/mol. The summed E-state index contributed by atoms with van der Waals surface area (Å²) in [5.41, 5.74) is 0.417. The summed E-state index contributed by atoms with van der Waals surface area (Å²) in [6, 6.07) is 4.00. The molecule has 0 aliphatic heterocycles. The molecule has 0 atom stereocenters. The van der Waals surface area contributed by atoms with Crippen LogP contribution >= 0.6 is 0 Å². The predicted octanol–water partition coefficient (Wildman–Crippen LogP) is 1.22. The van der Waals surface area contributed by atoms with Gasteiger partial charge in [-0.3, -0.25) is 0 Å². The zero-order valence-corrected chi connectivity index (χ0v) is 6.43. The molecular formula is C7H8N2O3. The summed E-state index contributed by atoms with van der Waals surface area (Å²) in [7, 11) is 1.44. The normalized spacial score (nSPS) is 9.42. The number of aromatic hydroxyl groups is 2. The molecule has 1 aromatic rings. The van der Waals surface area contributed by atoms with Gasteiger partial charge in [0, 0.05) is 13.1 Å². The Hall–Kier alpha value is -1.78. The smallest absolute Gasteiger partial charge is 0.159 e. The van der Waals surface area contributed by atoms with E-state index in [0.717, 1.165) is 5.01 Å². The van der Waals surface area contributed by atoms with Crippen molar-refractivity contribution in [2.45, 2.75) is 0 Å². The van der Waals surface area contributed by atoms with Crippen LogP contribution in [0.4, 0.5) is 5.69 Å². The number of hydrogen-bond acceptors (Lipinski definition) is 4. The maximum Gasteiger partial charge on any atom is 0.159 e. The fraction of sp³-hybridized carbons (Fsp3) is 0.143. The third kappa shape index (κ3) is 1.45. The molecule has 5 nitrogen and oxygen atoms in total. The Kier molecular flexibility index (Phi) is 2.14. The fourth-order valence-electron chi connectivity index (χ4n) is 0.760. The van der Waals surface area contributed by atoms with E-state index in [1.54, 1.807) is 0 Å². The number of phenolic OH excluding ortho intramolecular Hbond substituents is 2. The van der Waals surface area contributed by atoms with Crippen LogP contribution < -0.4 is 5.01 Å². The first kappa shape index (κ1) is 8.32. The van der Waals surface area contributed by atoms with E-state index in [1.807, 2.05) is 0 Å². The highest BCUT2D eigenvalue weighted by Gasteiger charge is 2.03. The van der Waals surface area contributed by atoms with Gasteiger partial charge in [-0.15, -0.1) is 4.91 Å². The van der Waals surface area contributed by atoms with E-state index in [2.05, 4.69) is 5.29 Å². The molecule has 0 heterocycles. The monoisotopic (exact) mass is 168 g/mol. The number of nitroso groups, excluding NO2 is 1. The zero-order valence-electron chi connectivity index (χ0n) is 6.43. The van der Waals surface area contributed by atoms with E-state index in [0.29, 0.717) is 5.69 Å². The number of phenols is 2. The molecule has 0 aliphatic rings. The molecule has 1 rings (SSSR count). The summed E-state index contributed by atoms with van der Waals surface area (Å²) in [5, 5.41) is 21.6. The SMILES string of the molecule is CN(N=O)c1ccc(O)c(O)c1. The molecule has 2 N–H and O–H groups in total. The fourth-order valence-corrected chi connectivity index (χ4v) is 0.760. The van der Waals surface area contributed by atoms with Gasteiger partial charge in [0.05, 0.1) is 11.0 Å². The molecule has 0 fully saturated rings. The quantitative estimate of drug-likeness (QED) is 0.395. The predicted molar refractivity (Wildman–Crippen MR) is 44.0 cm³/mol. The summed E-state index contributed by atoms with van der Waals surface area (Å²) in [6.45, 7) is 0. The van der Waals surface area contributed by atoms with E-state index >= 15 is 0 Å². The van der Waals surface area contributed by atoms with Crippen molar-refractivity contribution in [1.82, 2.24) is 0 Å². The van der Waals surface area contributed by atoms with Gasteiger partial charge in [0.1, 0.15) is 0 Å². The van der Waals surface area contributed by atoms with Gasteiger partial charge in [-0.25, -0.2) is 5.01 Å². The van der Waals surface area contributed by atoms with Crippen LogP contribution in [0.15, 0.2) is 23.5 Å². The molecule has 0 bridgehead atoms. The minimum Gasteiger partial charge on any atom is -0.504 e. The van der Waals surface area contributed by atoms with E-state index in [4.69, 9.17) is 10.2 Å². The van der Waals surface area contributed by atoms with Crippen molar-refractivity contribution in [2.24, 2.45) is 5.29 Å². The highest BCUT2D eigenvalue weighted by Crippen LogP contribution is 2.28. The second-order valence-electron chi connectivity index (χ2n) is 2.28. The van der Waals surface area contributed by atoms with Crippen molar-refractivity contribution in [3.63, 3.8) is 0 Å². The lowest BCUT2D eigenvalue weighted by molar-refractivity contribution is 0.404. The Balaban J connectivity index is 3.04. The summed E-state index contributed by atoms with van der Waals surface area (Å²) in [6.07, 6.45) is 0. The second kappa shape index (κ2) is 3.08. The first-order chi connectivity index (χ1) is 5.65. The molecule has 64 valence electrons. The number of benzene rings is 1. The first-order valence-electron chi connectivity index (χ1n) is 3.24. The summed E-state index contributed by atoms with van der Waals surface area (Å²) in [4.78, 5) is 10.0. The molecule has 0 radical (unpaired) electrons. The van der Waals surface area contributed by atoms with Crippen LogP contribution in [-0.4, -0.2) is 17.3 Å². The van der Waals surface area contributed by atoms with Crippen molar-refractivity contribution < 1.29 is 10.2 Å². The number of hydrogen-bond donors (Lipinski definition) is 2. The maximum absolute atomic E-state index is 10.0. The van der Waals surface area contributed by atoms with Crippen molar-refractivity contribution >= 4 is 5.69 Å². The Labute approximate surface area is 68.8 Å². The van der Waals surface area contributed by atoms with Gasteiger partial charge in [-0.1, -0.05) is 0 Å². The van der Waals surface area contributed by atoms with Crippen LogP contribution in [0, 0.1) is 4.91 Å². The molecule has 0 spiro atoms. The molecule has 0 saturated carbocycles. The molecule has 5 heteroatoms. The Morgan fingerprint density at radius 2 is 2.00 bits per heavy atom. The van der Waals surface area contributed by atoms with Crippen LogP contribution in [0.1, 0.15) is 0 Å². The Morgan fingerprint density at radius 1 is 1.33 bits per heavy atom. The molecule has 0 saturated heterocycles. The van der Waals surface area contributed by atoms with Crippen LogP contribution in [0.3, 0.4) is 0 Å². The summed E-state index contributed by atoms with van der Waals surface area (Å²) >= 11 is 0. The van der Waals surface area contributed by atoms with Gasteiger partial charge < -0.3 is 10.2 Å². The topological polar surface area (TPSA) is 73.1 Å². The minimum atomic E-state index is -0.275. The van der Waals surface area contributed by atoms with Crippen LogP contribution in [0.5, 0.6) is 11.5 Å². The van der Waals surface area contributed by atoms with Gasteiger partial charge in [0.15, 0.2) is 11.5 Å². The highest BCUT2D eigenvalue weighted by atomic mass is 16.3. The molecule has 0 aliphatic carbocycles. The van der Waals surface area contributed by atoms with Crippen molar-refractivity contribution in [1.29, 1.82) is 0 Å². The number of nitrogens with zero attached hydrogens (tertiary/aromatic N) is 2. The van der Waals surface area contributed by atoms with Crippen LogP contribution in [0.2, 0.25) is 0 Å². The molecule has 0 aromatic heterocycles. The number of anilines is 1. The Morgan fingerprint density at radius 3 is 2.50 bits per heavy atom. The summed E-state index contributed by atoms with van der Waals surface area (Å²) < 4.78 is 0. The average molecular weight is 168 g/mol. The summed E-state index contributed by atoms with van der Waals surface area (Å²) in [5.74, 6) is -0.499. The van der Waals surface area contributed by atoms with Gasteiger partial charge in [0.2, 0.25) is 0 Å². The maximum atomic E-state index is 10.0. The van der Waals surface area contributed by atoms with Gasteiger partial charge in [-0.2, -0.15) is 0 Å². The highest BCUT2D eigenvalue weighted by molar-refractivity contribution is 5.54. The lowest BCUT2D eigenvalue weighted by Gasteiger charge is -2.08. The van der Waals surface area contributed by atoms with Crippen LogP contribution in [-0.2, 0) is 0 Å². The van der Waals surface area contributed by atoms with E-state index in [1.165, 1.54) is 25.2 Å². The Bertz CT molecular complexity index is 301. The average Bonchev–Trinajstić information content (AvgIpc) is 2.08. The van der Waals surface area contributed by atoms with Gasteiger partial charge in [-0.05, 0) is 12.1 Å². The van der Waals surface area contributed by atoms with Gasteiger partial charge >= 0.3 is 0 Å². The van der Waals surface area contributed by atoms with Crippen molar-refractivity contribution in [3.8, 4) is 11.5 Å². The second-order valence-corrected chi connectivity index (χ2v) is 2.28. The molecule has 1 aromatic carbocycles.